The Balaban J connectivity index is 0.00000155. The van der Waals surface area contributed by atoms with Crippen LogP contribution in [0.15, 0.2) is 31.1 Å². The molecule has 6 nitrogen and oxygen atoms in total. The molecule has 0 saturated heterocycles. The molecule has 30 heavy (non-hydrogen) atoms. The maximum atomic E-state index is 13.0. The van der Waals surface area contributed by atoms with Crippen molar-refractivity contribution < 1.29 is 19.4 Å². The zero-order chi connectivity index (χ0) is 22.3. The summed E-state index contributed by atoms with van der Waals surface area (Å²) in [6.07, 6.45) is 4.98. The molecule has 3 rings (SSSR count). The highest BCUT2D eigenvalue weighted by Crippen LogP contribution is 2.37. The van der Waals surface area contributed by atoms with E-state index in [4.69, 9.17) is 4.74 Å². The van der Waals surface area contributed by atoms with Crippen molar-refractivity contribution in [2.75, 3.05) is 6.61 Å². The van der Waals surface area contributed by atoms with Crippen LogP contribution in [0.4, 0.5) is 0 Å². The SMILES string of the molecule is C=C(O)c1nc2c(c(-c3cccnc3)c1CC(=O)OCC)C(=O)CCC(C)C2.CC. The van der Waals surface area contributed by atoms with Crippen molar-refractivity contribution >= 4 is 17.5 Å². The Labute approximate surface area is 178 Å². The van der Waals surface area contributed by atoms with Crippen molar-refractivity contribution in [2.24, 2.45) is 5.92 Å². The highest BCUT2D eigenvalue weighted by molar-refractivity contribution is 6.05. The number of hydrogen-bond acceptors (Lipinski definition) is 6. The first-order valence-corrected chi connectivity index (χ1v) is 10.5. The normalized spacial score (nSPS) is 15.3. The lowest BCUT2D eigenvalue weighted by atomic mass is 9.88. The number of aromatic nitrogens is 2. The summed E-state index contributed by atoms with van der Waals surface area (Å²) in [5, 5.41) is 10.2. The first-order valence-electron chi connectivity index (χ1n) is 10.5. The number of nitrogens with zero attached hydrogens (tertiary/aromatic N) is 2. The molecular weight excluding hydrogens is 380 g/mol. The summed E-state index contributed by atoms with van der Waals surface area (Å²) in [6, 6.07) is 3.61. The third-order valence-corrected chi connectivity index (χ3v) is 4.91. The zero-order valence-corrected chi connectivity index (χ0v) is 18.2. The number of rotatable bonds is 5. The summed E-state index contributed by atoms with van der Waals surface area (Å²) in [6.45, 7) is 11.7. The monoisotopic (exact) mass is 410 g/mol. The van der Waals surface area contributed by atoms with E-state index in [9.17, 15) is 14.7 Å². The molecule has 1 aliphatic carbocycles. The van der Waals surface area contributed by atoms with Gasteiger partial charge < -0.3 is 9.84 Å². The van der Waals surface area contributed by atoms with Gasteiger partial charge in [0.15, 0.2) is 5.78 Å². The number of carbonyl (C=O) groups is 2. The van der Waals surface area contributed by atoms with Gasteiger partial charge in [-0.15, -0.1) is 0 Å². The van der Waals surface area contributed by atoms with Crippen molar-refractivity contribution in [3.05, 3.63) is 53.6 Å². The van der Waals surface area contributed by atoms with Crippen LogP contribution in [0.25, 0.3) is 16.9 Å². The van der Waals surface area contributed by atoms with Crippen LogP contribution in [0.3, 0.4) is 0 Å². The van der Waals surface area contributed by atoms with Crippen LogP contribution < -0.4 is 0 Å². The summed E-state index contributed by atoms with van der Waals surface area (Å²) in [7, 11) is 0. The van der Waals surface area contributed by atoms with Gasteiger partial charge in [-0.25, -0.2) is 4.98 Å². The van der Waals surface area contributed by atoms with Crippen molar-refractivity contribution in [3.8, 4) is 11.1 Å². The van der Waals surface area contributed by atoms with Gasteiger partial charge in [-0.1, -0.05) is 33.4 Å². The number of Topliss-reactive ketones (excluding diaryl/α,β-unsaturated/α-hetero) is 1. The molecule has 6 heteroatoms. The summed E-state index contributed by atoms with van der Waals surface area (Å²) < 4.78 is 5.11. The predicted octanol–water partition coefficient (Wildman–Crippen LogP) is 4.96. The molecule has 1 aliphatic rings. The smallest absolute Gasteiger partial charge is 0.310 e. The van der Waals surface area contributed by atoms with E-state index in [0.29, 0.717) is 40.8 Å². The molecule has 0 fully saturated rings. The Morgan fingerprint density at radius 2 is 2.07 bits per heavy atom. The van der Waals surface area contributed by atoms with Crippen molar-refractivity contribution in [3.63, 3.8) is 0 Å². The number of esters is 1. The molecule has 0 aromatic carbocycles. The molecule has 160 valence electrons. The van der Waals surface area contributed by atoms with Crippen LogP contribution in [0.5, 0.6) is 0 Å². The number of ketones is 1. The van der Waals surface area contributed by atoms with Crippen LogP contribution >= 0.6 is 0 Å². The minimum atomic E-state index is -0.452. The molecule has 1 unspecified atom stereocenters. The summed E-state index contributed by atoms with van der Waals surface area (Å²) in [4.78, 5) is 34.1. The first kappa shape index (κ1) is 23.3. The van der Waals surface area contributed by atoms with Crippen LogP contribution in [0.2, 0.25) is 0 Å². The number of carbonyl (C=O) groups excluding carboxylic acids is 2. The minimum Gasteiger partial charge on any atom is -0.506 e. The Morgan fingerprint density at radius 3 is 2.67 bits per heavy atom. The molecule has 2 aromatic rings. The number of aliphatic hydroxyl groups is 1. The number of aliphatic hydroxyl groups excluding tert-OH is 1. The molecule has 2 heterocycles. The number of ether oxygens (including phenoxy) is 1. The van der Waals surface area contributed by atoms with Crippen molar-refractivity contribution in [1.82, 2.24) is 9.97 Å². The van der Waals surface area contributed by atoms with Gasteiger partial charge in [0.25, 0.3) is 0 Å². The lowest BCUT2D eigenvalue weighted by Crippen LogP contribution is -2.16. The maximum absolute atomic E-state index is 13.0. The summed E-state index contributed by atoms with van der Waals surface area (Å²) in [5.74, 6) is -0.413. The predicted molar refractivity (Wildman–Crippen MR) is 117 cm³/mol. The van der Waals surface area contributed by atoms with Gasteiger partial charge in [0.05, 0.1) is 18.7 Å². The van der Waals surface area contributed by atoms with Crippen LogP contribution in [0, 0.1) is 5.92 Å². The topological polar surface area (TPSA) is 89.4 Å². The minimum absolute atomic E-state index is 0.00841. The van der Waals surface area contributed by atoms with E-state index >= 15 is 0 Å². The number of pyridine rings is 2. The second-order valence-corrected chi connectivity index (χ2v) is 7.08. The largest absolute Gasteiger partial charge is 0.506 e. The Kier molecular flexibility index (Phi) is 8.27. The third-order valence-electron chi connectivity index (χ3n) is 4.91. The van der Waals surface area contributed by atoms with E-state index in [1.807, 2.05) is 19.9 Å². The van der Waals surface area contributed by atoms with Gasteiger partial charge in [0, 0.05) is 41.1 Å². The molecule has 2 aromatic heterocycles. The van der Waals surface area contributed by atoms with Crippen molar-refractivity contribution in [2.45, 2.75) is 53.4 Å². The van der Waals surface area contributed by atoms with E-state index in [1.165, 1.54) is 0 Å². The highest BCUT2D eigenvalue weighted by atomic mass is 16.5. The Bertz CT molecular complexity index is 923. The van der Waals surface area contributed by atoms with Gasteiger partial charge in [-0.05, 0) is 31.7 Å². The van der Waals surface area contributed by atoms with Gasteiger partial charge in [0.2, 0.25) is 0 Å². The third kappa shape index (κ3) is 5.12. The van der Waals surface area contributed by atoms with Gasteiger partial charge in [-0.2, -0.15) is 0 Å². The van der Waals surface area contributed by atoms with Crippen LogP contribution in [-0.4, -0.2) is 33.4 Å². The number of hydrogen-bond donors (Lipinski definition) is 1. The summed E-state index contributed by atoms with van der Waals surface area (Å²) in [5.41, 5.74) is 3.11. The number of fused-ring (bicyclic) bond motifs is 1. The lowest BCUT2D eigenvalue weighted by molar-refractivity contribution is -0.142. The fraction of sp³-hybridized carbons (Fsp3) is 0.417. The van der Waals surface area contributed by atoms with E-state index < -0.39 is 5.97 Å². The summed E-state index contributed by atoms with van der Waals surface area (Å²) >= 11 is 0. The lowest BCUT2D eigenvalue weighted by Gasteiger charge is -2.20. The van der Waals surface area contributed by atoms with Crippen LogP contribution in [-0.2, 0) is 22.4 Å². The fourth-order valence-electron chi connectivity index (χ4n) is 3.65. The second-order valence-electron chi connectivity index (χ2n) is 7.08. The average molecular weight is 411 g/mol. The molecule has 1 atom stereocenters. The first-order chi connectivity index (χ1) is 14.4. The Morgan fingerprint density at radius 1 is 1.33 bits per heavy atom. The van der Waals surface area contributed by atoms with Crippen LogP contribution in [0.1, 0.15) is 67.8 Å². The van der Waals surface area contributed by atoms with Gasteiger partial charge in [-0.3, -0.25) is 14.6 Å². The van der Waals surface area contributed by atoms with E-state index in [0.717, 1.165) is 6.42 Å². The molecule has 0 aliphatic heterocycles. The molecule has 0 amide bonds. The molecule has 0 saturated carbocycles. The fourth-order valence-corrected chi connectivity index (χ4v) is 3.65. The van der Waals surface area contributed by atoms with Crippen molar-refractivity contribution in [1.29, 1.82) is 0 Å². The van der Waals surface area contributed by atoms with E-state index in [-0.39, 0.29) is 36.2 Å². The zero-order valence-electron chi connectivity index (χ0n) is 18.2. The molecular formula is C24H30N2O4. The van der Waals surface area contributed by atoms with E-state index in [2.05, 4.69) is 23.5 Å². The van der Waals surface area contributed by atoms with E-state index in [1.54, 1.807) is 25.4 Å². The molecule has 0 spiro atoms. The highest BCUT2D eigenvalue weighted by Gasteiger charge is 2.30. The Hall–Kier alpha value is -3.02. The second kappa shape index (κ2) is 10.7. The quantitative estimate of drug-likeness (QED) is 0.426. The molecule has 0 bridgehead atoms. The average Bonchev–Trinajstić information content (AvgIpc) is 2.88. The maximum Gasteiger partial charge on any atom is 0.310 e. The van der Waals surface area contributed by atoms with Gasteiger partial charge >= 0.3 is 5.97 Å². The van der Waals surface area contributed by atoms with Gasteiger partial charge in [0.1, 0.15) is 11.5 Å². The standard InChI is InChI=1S/C22H24N2O4.C2H6/c1-4-28-19(27)11-16-20(15-6-5-9-23-12-15)21-17(24-22(16)14(3)25)10-13(2)7-8-18(21)26;1-2/h5-6,9,12-13,25H,3-4,7-8,10-11H2,1-2H3;1-2H3. The molecule has 1 N–H and O–H groups in total. The molecule has 0 radical (unpaired) electrons.